The van der Waals surface area contributed by atoms with E-state index < -0.39 is 5.54 Å². The van der Waals surface area contributed by atoms with E-state index in [2.05, 4.69) is 5.32 Å². The van der Waals surface area contributed by atoms with Crippen LogP contribution in [0.3, 0.4) is 0 Å². The first-order chi connectivity index (χ1) is 16.5. The molecule has 34 heavy (non-hydrogen) atoms. The number of benzene rings is 2. The van der Waals surface area contributed by atoms with Gasteiger partial charge in [-0.15, -0.1) is 11.3 Å². The number of thiophene rings is 1. The highest BCUT2D eigenvalue weighted by atomic mass is 32.1. The lowest BCUT2D eigenvalue weighted by Gasteiger charge is -2.44. The first-order valence-electron chi connectivity index (χ1n) is 11.4. The van der Waals surface area contributed by atoms with E-state index in [0.29, 0.717) is 31.9 Å². The Labute approximate surface area is 202 Å². The van der Waals surface area contributed by atoms with E-state index in [1.165, 1.54) is 0 Å². The van der Waals surface area contributed by atoms with Crippen molar-refractivity contribution >= 4 is 33.4 Å². The summed E-state index contributed by atoms with van der Waals surface area (Å²) in [6.07, 6.45) is 0. The summed E-state index contributed by atoms with van der Waals surface area (Å²) in [5, 5.41) is 6.12. The van der Waals surface area contributed by atoms with Gasteiger partial charge in [0.05, 0.1) is 13.2 Å². The second-order valence-electron chi connectivity index (χ2n) is 8.71. The monoisotopic (exact) mass is 473 g/mol. The van der Waals surface area contributed by atoms with Gasteiger partial charge in [-0.05, 0) is 54.6 Å². The third-order valence-corrected chi connectivity index (χ3v) is 7.34. The van der Waals surface area contributed by atoms with Crippen LogP contribution in [0, 0.1) is 0 Å². The van der Waals surface area contributed by atoms with E-state index in [-0.39, 0.29) is 11.8 Å². The molecule has 0 unspecified atom stereocenters. The second kappa shape index (κ2) is 8.99. The minimum atomic E-state index is -1.05. The molecule has 0 aliphatic carbocycles. The van der Waals surface area contributed by atoms with Gasteiger partial charge in [-0.3, -0.25) is 9.59 Å². The number of hydrogen-bond acceptors (Lipinski definition) is 4. The van der Waals surface area contributed by atoms with Crippen LogP contribution in [-0.4, -0.2) is 33.4 Å². The van der Waals surface area contributed by atoms with Crippen LogP contribution in [0.2, 0.25) is 0 Å². The quantitative estimate of drug-likeness (QED) is 0.418. The van der Waals surface area contributed by atoms with Crippen LogP contribution < -0.4 is 10.1 Å². The molecular weight excluding hydrogens is 446 g/mol. The zero-order chi connectivity index (χ0) is 23.7. The van der Waals surface area contributed by atoms with Crippen molar-refractivity contribution in [2.75, 3.05) is 6.61 Å². The van der Waals surface area contributed by atoms with Gasteiger partial charge in [0.2, 0.25) is 5.91 Å². The minimum Gasteiger partial charge on any atom is -0.494 e. The van der Waals surface area contributed by atoms with Gasteiger partial charge in [-0.2, -0.15) is 0 Å². The van der Waals surface area contributed by atoms with E-state index >= 15 is 0 Å². The number of fused-ring (bicyclic) bond motifs is 3. The van der Waals surface area contributed by atoms with Gasteiger partial charge in [-0.25, -0.2) is 0 Å². The van der Waals surface area contributed by atoms with E-state index in [0.717, 1.165) is 27.1 Å². The number of aromatic nitrogens is 1. The van der Waals surface area contributed by atoms with Crippen LogP contribution in [-0.2, 0) is 24.4 Å². The van der Waals surface area contributed by atoms with Crippen molar-refractivity contribution in [2.24, 2.45) is 0 Å². The lowest BCUT2D eigenvalue weighted by molar-refractivity contribution is -0.133. The SMILES string of the molecule is CCOc1ccc(CN2C(=O)c3cc4ccsc4n3C[C@@]2(C)C(=O)NCc2ccccc2)cc1. The number of hydrogen-bond donors (Lipinski definition) is 1. The molecule has 1 aliphatic rings. The molecule has 0 saturated carbocycles. The Kier molecular flexibility index (Phi) is 5.87. The Bertz CT molecular complexity index is 1330. The maximum Gasteiger partial charge on any atom is 0.271 e. The van der Waals surface area contributed by atoms with E-state index in [1.807, 2.05) is 90.5 Å². The molecule has 0 fully saturated rings. The molecule has 1 atom stereocenters. The summed E-state index contributed by atoms with van der Waals surface area (Å²) < 4.78 is 7.55. The summed E-state index contributed by atoms with van der Waals surface area (Å²) in [7, 11) is 0. The molecule has 0 bridgehead atoms. The highest BCUT2D eigenvalue weighted by Gasteiger charge is 2.47. The van der Waals surface area contributed by atoms with Crippen molar-refractivity contribution in [3.05, 3.63) is 88.9 Å². The number of rotatable bonds is 7. The molecule has 0 radical (unpaired) electrons. The van der Waals surface area contributed by atoms with Gasteiger partial charge >= 0.3 is 0 Å². The first kappa shape index (κ1) is 22.2. The third kappa shape index (κ3) is 3.96. The Morgan fingerprint density at radius 1 is 1.09 bits per heavy atom. The predicted octanol–water partition coefficient (Wildman–Crippen LogP) is 4.83. The molecule has 2 aromatic heterocycles. The van der Waals surface area contributed by atoms with Crippen molar-refractivity contribution in [3.8, 4) is 5.75 Å². The van der Waals surface area contributed by atoms with E-state index in [1.54, 1.807) is 16.2 Å². The molecule has 1 aliphatic heterocycles. The smallest absolute Gasteiger partial charge is 0.271 e. The van der Waals surface area contributed by atoms with E-state index in [9.17, 15) is 9.59 Å². The zero-order valence-electron chi connectivity index (χ0n) is 19.3. The Hall–Kier alpha value is -3.58. The van der Waals surface area contributed by atoms with Gasteiger partial charge in [0.15, 0.2) is 0 Å². The van der Waals surface area contributed by atoms with Gasteiger partial charge in [0.25, 0.3) is 5.91 Å². The number of ether oxygens (including phenoxy) is 1. The average Bonchev–Trinajstić information content (AvgIpc) is 3.44. The third-order valence-electron chi connectivity index (χ3n) is 6.39. The molecule has 6 nitrogen and oxygen atoms in total. The summed E-state index contributed by atoms with van der Waals surface area (Å²) in [6.45, 7) is 5.54. The summed E-state index contributed by atoms with van der Waals surface area (Å²) in [5.74, 6) is 0.481. The fraction of sp³-hybridized carbons (Fsp3) is 0.259. The fourth-order valence-corrected chi connectivity index (χ4v) is 5.41. The van der Waals surface area contributed by atoms with Gasteiger partial charge < -0.3 is 19.5 Å². The lowest BCUT2D eigenvalue weighted by atomic mass is 9.93. The van der Waals surface area contributed by atoms with Crippen LogP contribution in [0.5, 0.6) is 5.75 Å². The van der Waals surface area contributed by atoms with Crippen LogP contribution in [0.4, 0.5) is 0 Å². The van der Waals surface area contributed by atoms with Crippen LogP contribution in [0.1, 0.15) is 35.5 Å². The average molecular weight is 474 g/mol. The Balaban J connectivity index is 1.48. The van der Waals surface area contributed by atoms with Gasteiger partial charge in [0.1, 0.15) is 21.8 Å². The number of nitrogens with one attached hydrogen (secondary N) is 1. The Morgan fingerprint density at radius 2 is 1.85 bits per heavy atom. The van der Waals surface area contributed by atoms with Crippen molar-refractivity contribution in [1.82, 2.24) is 14.8 Å². The fourth-order valence-electron chi connectivity index (χ4n) is 4.51. The largest absolute Gasteiger partial charge is 0.494 e. The highest BCUT2D eigenvalue weighted by Crippen LogP contribution is 2.35. The molecule has 0 spiro atoms. The molecule has 4 aromatic rings. The molecule has 174 valence electrons. The molecule has 1 N–H and O–H groups in total. The van der Waals surface area contributed by atoms with Crippen molar-refractivity contribution in [3.63, 3.8) is 0 Å². The molecule has 3 heterocycles. The maximum atomic E-state index is 13.8. The van der Waals surface area contributed by atoms with Crippen molar-refractivity contribution < 1.29 is 14.3 Å². The number of amides is 2. The van der Waals surface area contributed by atoms with E-state index in [4.69, 9.17) is 4.74 Å². The summed E-state index contributed by atoms with van der Waals surface area (Å²) in [6, 6.07) is 21.5. The van der Waals surface area contributed by atoms with Crippen LogP contribution >= 0.6 is 11.3 Å². The standard InChI is InChI=1S/C27H27N3O3S/c1-3-33-22-11-9-20(10-12-22)17-30-24(31)23-15-21-13-14-34-25(21)29(23)18-27(30,2)26(32)28-16-19-7-5-4-6-8-19/h4-15H,3,16-18H2,1-2H3,(H,28,32)/t27-/m0/s1. The lowest BCUT2D eigenvalue weighted by Crippen LogP contribution is -2.63. The second-order valence-corrected chi connectivity index (χ2v) is 9.60. The normalized spacial score (nSPS) is 17.6. The van der Waals surface area contributed by atoms with Gasteiger partial charge in [-0.1, -0.05) is 42.5 Å². The maximum absolute atomic E-state index is 13.8. The zero-order valence-corrected chi connectivity index (χ0v) is 20.1. The van der Waals surface area contributed by atoms with Crippen molar-refractivity contribution in [1.29, 1.82) is 0 Å². The molecular formula is C27H27N3O3S. The molecule has 2 aromatic carbocycles. The number of nitrogens with zero attached hydrogens (tertiary/aromatic N) is 2. The molecule has 5 rings (SSSR count). The van der Waals surface area contributed by atoms with Crippen molar-refractivity contribution in [2.45, 2.75) is 39.0 Å². The topological polar surface area (TPSA) is 63.6 Å². The first-order valence-corrected chi connectivity index (χ1v) is 12.3. The van der Waals surface area contributed by atoms with Crippen LogP contribution in [0.25, 0.3) is 10.2 Å². The molecule has 0 saturated heterocycles. The number of carbonyl (C=O) groups excluding carboxylic acids is 2. The predicted molar refractivity (Wildman–Crippen MR) is 134 cm³/mol. The highest BCUT2D eigenvalue weighted by molar-refractivity contribution is 7.16. The molecule has 7 heteroatoms. The summed E-state index contributed by atoms with van der Waals surface area (Å²) >= 11 is 1.59. The van der Waals surface area contributed by atoms with Crippen LogP contribution in [0.15, 0.2) is 72.1 Å². The summed E-state index contributed by atoms with van der Waals surface area (Å²) in [4.78, 5) is 30.1. The Morgan fingerprint density at radius 3 is 2.59 bits per heavy atom. The molecule has 2 amide bonds. The minimum absolute atomic E-state index is 0.138. The number of carbonyl (C=O) groups is 2. The summed E-state index contributed by atoms with van der Waals surface area (Å²) in [5.41, 5.74) is 1.54. The van der Waals surface area contributed by atoms with Gasteiger partial charge in [0, 0.05) is 18.5 Å².